The number of benzene rings is 3. The Bertz CT molecular complexity index is 1420. The molecule has 4 rings (SSSR count). The van der Waals surface area contributed by atoms with Gasteiger partial charge in [0.25, 0.3) is 21.8 Å². The summed E-state index contributed by atoms with van der Waals surface area (Å²) in [6, 6.07) is 21.3. The lowest BCUT2D eigenvalue weighted by Crippen LogP contribution is -2.39. The molecule has 1 aliphatic heterocycles. The minimum atomic E-state index is -4.04. The molecule has 3 aromatic rings. The molecule has 0 radical (unpaired) electrons. The van der Waals surface area contributed by atoms with Crippen LogP contribution in [0.25, 0.3) is 0 Å². The van der Waals surface area contributed by atoms with Gasteiger partial charge in [-0.2, -0.15) is 5.10 Å². The minimum Gasteiger partial charge on any atom is -0.494 e. The van der Waals surface area contributed by atoms with E-state index in [1.165, 1.54) is 18.3 Å². The summed E-state index contributed by atoms with van der Waals surface area (Å²) in [5.74, 6) is 0.499. The number of sulfonamides is 1. The van der Waals surface area contributed by atoms with Crippen molar-refractivity contribution < 1.29 is 27.5 Å². The fraction of sp³-hybridized carbons (Fsp3) is 0.300. The predicted octanol–water partition coefficient (Wildman–Crippen LogP) is 3.82. The zero-order chi connectivity index (χ0) is 29.1. The number of likely N-dealkylation sites (tertiary alicyclic amines) is 1. The molecule has 3 aromatic carbocycles. The molecular weight excluding hydrogens is 544 g/mol. The quantitative estimate of drug-likeness (QED) is 0.258. The highest BCUT2D eigenvalue weighted by atomic mass is 32.2. The van der Waals surface area contributed by atoms with Gasteiger partial charge in [0, 0.05) is 13.1 Å². The van der Waals surface area contributed by atoms with Gasteiger partial charge in [-0.1, -0.05) is 18.2 Å². The van der Waals surface area contributed by atoms with E-state index >= 15 is 0 Å². The zero-order valence-corrected chi connectivity index (χ0v) is 23.8. The van der Waals surface area contributed by atoms with Gasteiger partial charge in [0.15, 0.2) is 6.61 Å². The summed E-state index contributed by atoms with van der Waals surface area (Å²) in [5.41, 5.74) is 3.39. The number of hydrogen-bond acceptors (Lipinski definition) is 7. The first-order valence-corrected chi connectivity index (χ1v) is 14.9. The highest BCUT2D eigenvalue weighted by Crippen LogP contribution is 2.25. The van der Waals surface area contributed by atoms with Gasteiger partial charge in [-0.05, 0) is 92.4 Å². The number of hydrogen-bond donors (Lipinski definition) is 1. The molecule has 1 fully saturated rings. The van der Waals surface area contributed by atoms with Crippen molar-refractivity contribution >= 4 is 33.7 Å². The molecule has 1 heterocycles. The largest absolute Gasteiger partial charge is 0.494 e. The van der Waals surface area contributed by atoms with Crippen LogP contribution in [-0.2, 0) is 19.6 Å². The van der Waals surface area contributed by atoms with Crippen molar-refractivity contribution in [1.82, 2.24) is 10.3 Å². The smallest absolute Gasteiger partial charge is 0.264 e. The van der Waals surface area contributed by atoms with Crippen molar-refractivity contribution in [3.8, 4) is 11.5 Å². The maximum Gasteiger partial charge on any atom is 0.264 e. The molecule has 0 aliphatic carbocycles. The van der Waals surface area contributed by atoms with E-state index in [-0.39, 0.29) is 17.4 Å². The van der Waals surface area contributed by atoms with Crippen LogP contribution in [0.5, 0.6) is 11.5 Å². The maximum atomic E-state index is 13.4. The van der Waals surface area contributed by atoms with E-state index in [1.807, 2.05) is 11.8 Å². The fourth-order valence-corrected chi connectivity index (χ4v) is 5.73. The number of anilines is 1. The molecule has 0 spiro atoms. The third-order valence-electron chi connectivity index (χ3n) is 6.41. The number of rotatable bonds is 12. The number of hydrazone groups is 1. The number of nitrogens with one attached hydrogen (secondary N) is 1. The second-order valence-corrected chi connectivity index (χ2v) is 11.2. The van der Waals surface area contributed by atoms with E-state index in [0.717, 1.165) is 36.7 Å². The summed E-state index contributed by atoms with van der Waals surface area (Å²) in [5, 5.41) is 3.98. The summed E-state index contributed by atoms with van der Waals surface area (Å²) >= 11 is 0. The van der Waals surface area contributed by atoms with Crippen LogP contribution in [-0.4, -0.2) is 64.2 Å². The van der Waals surface area contributed by atoms with Crippen LogP contribution < -0.4 is 19.2 Å². The van der Waals surface area contributed by atoms with Gasteiger partial charge in [0.1, 0.15) is 18.0 Å². The van der Waals surface area contributed by atoms with Gasteiger partial charge in [0.2, 0.25) is 0 Å². The van der Waals surface area contributed by atoms with Crippen molar-refractivity contribution in [3.05, 3.63) is 84.4 Å². The highest BCUT2D eigenvalue weighted by Gasteiger charge is 2.27. The predicted molar refractivity (Wildman–Crippen MR) is 157 cm³/mol. The molecule has 2 amide bonds. The Balaban J connectivity index is 1.36. The van der Waals surface area contributed by atoms with Gasteiger partial charge in [-0.15, -0.1) is 0 Å². The summed E-state index contributed by atoms with van der Waals surface area (Å²) in [7, 11) is -4.04. The third kappa shape index (κ3) is 8.31. The molecular formula is C30H34N4O6S. The van der Waals surface area contributed by atoms with Crippen molar-refractivity contribution in [2.45, 2.75) is 31.1 Å². The van der Waals surface area contributed by atoms with Crippen LogP contribution in [0.2, 0.25) is 0 Å². The van der Waals surface area contributed by atoms with Crippen molar-refractivity contribution in [1.29, 1.82) is 0 Å². The minimum absolute atomic E-state index is 0.0137. The van der Waals surface area contributed by atoms with Crippen molar-refractivity contribution in [2.24, 2.45) is 5.10 Å². The standard InChI is InChI=1S/C30H34N4O6S/c1-2-39-26-17-13-25(14-18-26)34(41(37,38)28-9-5-3-6-10-28)22-29(35)32-31-21-24-11-15-27(16-12-24)40-23-30(36)33-19-7-4-8-20-33/h3,5-6,9-18,21H,2,4,7-8,19-20,22-23H2,1H3,(H,32,35)/b31-21+. The summed E-state index contributed by atoms with van der Waals surface area (Å²) in [4.78, 5) is 27.0. The fourth-order valence-electron chi connectivity index (χ4n) is 4.28. The Kier molecular flexibility index (Phi) is 10.3. The highest BCUT2D eigenvalue weighted by molar-refractivity contribution is 7.92. The van der Waals surface area contributed by atoms with E-state index in [1.54, 1.807) is 66.7 Å². The normalized spacial score (nSPS) is 13.5. The van der Waals surface area contributed by atoms with Gasteiger partial charge < -0.3 is 14.4 Å². The molecule has 0 bridgehead atoms. The Morgan fingerprint density at radius 3 is 2.20 bits per heavy atom. The van der Waals surface area contributed by atoms with Crippen LogP contribution in [0.4, 0.5) is 5.69 Å². The monoisotopic (exact) mass is 578 g/mol. The van der Waals surface area contributed by atoms with Crippen molar-refractivity contribution in [3.63, 3.8) is 0 Å². The second kappa shape index (κ2) is 14.3. The lowest BCUT2D eigenvalue weighted by molar-refractivity contribution is -0.134. The average Bonchev–Trinajstić information content (AvgIpc) is 3.01. The third-order valence-corrected chi connectivity index (χ3v) is 8.20. The molecule has 0 aromatic heterocycles. The molecule has 1 aliphatic rings. The molecule has 0 saturated carbocycles. The van der Waals surface area contributed by atoms with Crippen LogP contribution in [0.1, 0.15) is 31.7 Å². The first-order chi connectivity index (χ1) is 19.9. The molecule has 0 unspecified atom stereocenters. The molecule has 1 saturated heterocycles. The van der Waals surface area contributed by atoms with Gasteiger partial charge in [-0.25, -0.2) is 13.8 Å². The van der Waals surface area contributed by atoms with Crippen LogP contribution in [0, 0.1) is 0 Å². The Morgan fingerprint density at radius 2 is 1.54 bits per heavy atom. The number of nitrogens with zero attached hydrogens (tertiary/aromatic N) is 3. The van der Waals surface area contributed by atoms with Gasteiger partial charge in [-0.3, -0.25) is 13.9 Å². The van der Waals surface area contributed by atoms with Crippen LogP contribution in [0.3, 0.4) is 0 Å². The second-order valence-electron chi connectivity index (χ2n) is 9.34. The number of carbonyl (C=O) groups excluding carboxylic acids is 2. The summed E-state index contributed by atoms with van der Waals surface area (Å²) in [6.07, 6.45) is 4.65. The van der Waals surface area contributed by atoms with Gasteiger partial charge >= 0.3 is 0 Å². The van der Waals surface area contributed by atoms with E-state index in [9.17, 15) is 18.0 Å². The molecule has 41 heavy (non-hydrogen) atoms. The topological polar surface area (TPSA) is 118 Å². The molecule has 0 atom stereocenters. The SMILES string of the molecule is CCOc1ccc(N(CC(=O)N/N=C/c2ccc(OCC(=O)N3CCCCC3)cc2)S(=O)(=O)c2ccccc2)cc1. The first-order valence-electron chi connectivity index (χ1n) is 13.5. The van der Waals surface area contributed by atoms with Crippen LogP contribution >= 0.6 is 0 Å². The average molecular weight is 579 g/mol. The number of amides is 2. The maximum absolute atomic E-state index is 13.4. The van der Waals surface area contributed by atoms with Crippen molar-refractivity contribution in [2.75, 3.05) is 37.2 Å². The lowest BCUT2D eigenvalue weighted by atomic mass is 10.1. The number of ether oxygens (including phenoxy) is 2. The van der Waals surface area contributed by atoms with E-state index in [0.29, 0.717) is 29.4 Å². The van der Waals surface area contributed by atoms with E-state index < -0.39 is 22.5 Å². The Morgan fingerprint density at radius 1 is 0.902 bits per heavy atom. The Hall–Kier alpha value is -4.38. The number of piperidine rings is 1. The first kappa shape index (κ1) is 29.6. The molecule has 11 heteroatoms. The lowest BCUT2D eigenvalue weighted by Gasteiger charge is -2.26. The van der Waals surface area contributed by atoms with Gasteiger partial charge in [0.05, 0.1) is 23.4 Å². The number of carbonyl (C=O) groups is 2. The molecule has 216 valence electrons. The Labute approximate surface area is 240 Å². The van der Waals surface area contributed by atoms with Crippen LogP contribution in [0.15, 0.2) is 88.9 Å². The zero-order valence-electron chi connectivity index (χ0n) is 22.9. The molecule has 1 N–H and O–H groups in total. The molecule has 10 nitrogen and oxygen atoms in total. The van der Waals surface area contributed by atoms with E-state index in [4.69, 9.17) is 9.47 Å². The summed E-state index contributed by atoms with van der Waals surface area (Å²) in [6.45, 7) is 3.38. The summed E-state index contributed by atoms with van der Waals surface area (Å²) < 4.78 is 39.0. The van der Waals surface area contributed by atoms with E-state index in [2.05, 4.69) is 10.5 Å².